The Bertz CT molecular complexity index is 675. The first-order chi connectivity index (χ1) is 14.2. The van der Waals surface area contributed by atoms with Gasteiger partial charge in [-0.05, 0) is 57.2 Å². The van der Waals surface area contributed by atoms with E-state index in [2.05, 4.69) is 64.0 Å². The van der Waals surface area contributed by atoms with Crippen LogP contribution in [-0.2, 0) is 17.9 Å². The molecule has 1 saturated heterocycles. The number of halogens is 1. The molecule has 7 heteroatoms. The largest absolute Gasteiger partial charge is 0.357 e. The van der Waals surface area contributed by atoms with Crippen LogP contribution in [0.3, 0.4) is 0 Å². The minimum atomic E-state index is 0. The number of rotatable bonds is 9. The molecule has 1 aliphatic carbocycles. The normalized spacial score (nSPS) is 19.7. The van der Waals surface area contributed by atoms with E-state index >= 15 is 0 Å². The van der Waals surface area contributed by atoms with Gasteiger partial charge in [0.25, 0.3) is 0 Å². The summed E-state index contributed by atoms with van der Waals surface area (Å²) in [5, 5.41) is 9.53. The van der Waals surface area contributed by atoms with E-state index in [0.717, 1.165) is 31.9 Å². The molecule has 30 heavy (non-hydrogen) atoms. The molecule has 0 aromatic heterocycles. The lowest BCUT2D eigenvalue weighted by atomic mass is 10.0. The maximum Gasteiger partial charge on any atom is 0.223 e. The van der Waals surface area contributed by atoms with Gasteiger partial charge in [0.2, 0.25) is 5.91 Å². The number of piperidine rings is 1. The number of nitrogens with zero attached hydrogens (tertiary/aromatic N) is 2. The molecule has 1 atom stereocenters. The molecule has 3 N–H and O–H groups in total. The van der Waals surface area contributed by atoms with Crippen molar-refractivity contribution in [3.63, 3.8) is 0 Å². The second kappa shape index (κ2) is 13.1. The smallest absolute Gasteiger partial charge is 0.223 e. The quantitative estimate of drug-likeness (QED) is 0.200. The Hall–Kier alpha value is -1.35. The number of hydrogen-bond donors (Lipinski definition) is 3. The fourth-order valence-corrected chi connectivity index (χ4v) is 3.75. The summed E-state index contributed by atoms with van der Waals surface area (Å²) in [6, 6.07) is 9.54. The maximum atomic E-state index is 11.7. The number of benzene rings is 1. The van der Waals surface area contributed by atoms with Crippen LogP contribution in [0.2, 0.25) is 0 Å². The molecule has 1 saturated carbocycles. The molecule has 6 nitrogen and oxygen atoms in total. The van der Waals surface area contributed by atoms with Crippen molar-refractivity contribution in [1.82, 2.24) is 20.9 Å². The van der Waals surface area contributed by atoms with E-state index in [0.29, 0.717) is 25.7 Å². The molecule has 1 heterocycles. The number of nitrogens with one attached hydrogen (secondary N) is 3. The van der Waals surface area contributed by atoms with Crippen LogP contribution in [0.5, 0.6) is 0 Å². The van der Waals surface area contributed by atoms with Gasteiger partial charge in [-0.15, -0.1) is 24.0 Å². The van der Waals surface area contributed by atoms with E-state index in [4.69, 9.17) is 0 Å². The van der Waals surface area contributed by atoms with Crippen molar-refractivity contribution >= 4 is 35.8 Å². The number of guanidine groups is 1. The highest BCUT2D eigenvalue weighted by molar-refractivity contribution is 14.0. The van der Waals surface area contributed by atoms with Gasteiger partial charge >= 0.3 is 0 Å². The first kappa shape index (κ1) is 24.9. The zero-order valence-corrected chi connectivity index (χ0v) is 20.8. The van der Waals surface area contributed by atoms with Crippen LogP contribution in [-0.4, -0.2) is 49.0 Å². The lowest BCUT2D eigenvalue weighted by molar-refractivity contribution is -0.122. The van der Waals surface area contributed by atoms with Crippen LogP contribution in [0.4, 0.5) is 0 Å². The average molecular weight is 527 g/mol. The van der Waals surface area contributed by atoms with E-state index in [1.54, 1.807) is 0 Å². The monoisotopic (exact) mass is 527 g/mol. The second-order valence-corrected chi connectivity index (χ2v) is 8.32. The van der Waals surface area contributed by atoms with E-state index in [9.17, 15) is 4.79 Å². The minimum Gasteiger partial charge on any atom is -0.357 e. The molecular formula is C23H38IN5O. The Balaban J connectivity index is 0.00000320. The van der Waals surface area contributed by atoms with Crippen LogP contribution in [0.1, 0.15) is 57.1 Å². The zero-order valence-electron chi connectivity index (χ0n) is 18.5. The average Bonchev–Trinajstić information content (AvgIpc) is 3.57. The highest BCUT2D eigenvalue weighted by Gasteiger charge is 2.28. The fourth-order valence-electron chi connectivity index (χ4n) is 3.75. The van der Waals surface area contributed by atoms with Crippen LogP contribution in [0.15, 0.2) is 29.3 Å². The zero-order chi connectivity index (χ0) is 20.5. The van der Waals surface area contributed by atoms with Crippen molar-refractivity contribution in [2.24, 2.45) is 10.9 Å². The lowest BCUT2D eigenvalue weighted by Crippen LogP contribution is -2.41. The summed E-state index contributed by atoms with van der Waals surface area (Å²) < 4.78 is 0. The number of amides is 1. The summed E-state index contributed by atoms with van der Waals surface area (Å²) in [7, 11) is 0. The highest BCUT2D eigenvalue weighted by Crippen LogP contribution is 2.28. The van der Waals surface area contributed by atoms with Gasteiger partial charge in [-0.3, -0.25) is 9.69 Å². The maximum absolute atomic E-state index is 11.7. The Morgan fingerprint density at radius 2 is 1.73 bits per heavy atom. The summed E-state index contributed by atoms with van der Waals surface area (Å²) >= 11 is 0. The van der Waals surface area contributed by atoms with Gasteiger partial charge in [0.1, 0.15) is 0 Å². The third-order valence-corrected chi connectivity index (χ3v) is 5.78. The molecule has 2 aliphatic rings. The van der Waals surface area contributed by atoms with Gasteiger partial charge in [-0.1, -0.05) is 30.7 Å². The Morgan fingerprint density at radius 1 is 1.03 bits per heavy atom. The number of carbonyl (C=O) groups excluding carboxylic acids is 1. The van der Waals surface area contributed by atoms with Crippen molar-refractivity contribution in [2.45, 2.75) is 65.1 Å². The minimum absolute atomic E-state index is 0. The standard InChI is InChI=1S/C23H37N5O.HI/c1-3-24-23(26-14-13-25-22(29)21-11-12-21)27-16-19-7-9-20(10-8-19)17-28-15-5-4-6-18(28)2;/h7-10,18,21H,3-6,11-17H2,1-2H3,(H,25,29)(H2,24,26,27);1H. The van der Waals surface area contributed by atoms with Crippen LogP contribution in [0.25, 0.3) is 0 Å². The third-order valence-electron chi connectivity index (χ3n) is 5.78. The summed E-state index contributed by atoms with van der Waals surface area (Å²) in [6.07, 6.45) is 6.08. The van der Waals surface area contributed by atoms with Crippen LogP contribution < -0.4 is 16.0 Å². The molecular weight excluding hydrogens is 489 g/mol. The SMILES string of the molecule is CCNC(=NCc1ccc(CN2CCCCC2C)cc1)NCCNC(=O)C1CC1.I. The summed E-state index contributed by atoms with van der Waals surface area (Å²) in [5.74, 6) is 1.24. The summed E-state index contributed by atoms with van der Waals surface area (Å²) in [6.45, 7) is 9.42. The van der Waals surface area contributed by atoms with Gasteiger partial charge in [-0.25, -0.2) is 4.99 Å². The molecule has 0 spiro atoms. The number of carbonyl (C=O) groups is 1. The Morgan fingerprint density at radius 3 is 2.40 bits per heavy atom. The van der Waals surface area contributed by atoms with Gasteiger partial charge in [0.15, 0.2) is 5.96 Å². The first-order valence-corrected chi connectivity index (χ1v) is 11.3. The Kier molecular flexibility index (Phi) is 10.9. The van der Waals surface area contributed by atoms with Crippen molar-refractivity contribution in [1.29, 1.82) is 0 Å². The predicted molar refractivity (Wildman–Crippen MR) is 134 cm³/mol. The molecule has 2 fully saturated rings. The first-order valence-electron chi connectivity index (χ1n) is 11.3. The molecule has 0 bridgehead atoms. The predicted octanol–water partition coefficient (Wildman–Crippen LogP) is 3.26. The van der Waals surface area contributed by atoms with Gasteiger partial charge < -0.3 is 16.0 Å². The molecule has 0 radical (unpaired) electrons. The number of aliphatic imine (C=N–C) groups is 1. The summed E-state index contributed by atoms with van der Waals surface area (Å²) in [4.78, 5) is 18.9. The molecule has 3 rings (SSSR count). The molecule has 1 aliphatic heterocycles. The Labute approximate surface area is 198 Å². The third kappa shape index (κ3) is 8.41. The fraction of sp³-hybridized carbons (Fsp3) is 0.652. The molecule has 1 unspecified atom stereocenters. The van der Waals surface area contributed by atoms with E-state index in [1.165, 1.54) is 36.9 Å². The van der Waals surface area contributed by atoms with E-state index in [1.807, 2.05) is 0 Å². The second-order valence-electron chi connectivity index (χ2n) is 8.32. The van der Waals surface area contributed by atoms with Crippen LogP contribution >= 0.6 is 24.0 Å². The van der Waals surface area contributed by atoms with Gasteiger partial charge in [0, 0.05) is 38.1 Å². The topological polar surface area (TPSA) is 68.8 Å². The molecule has 1 amide bonds. The lowest BCUT2D eigenvalue weighted by Gasteiger charge is -2.33. The summed E-state index contributed by atoms with van der Waals surface area (Å²) in [5.41, 5.74) is 2.59. The molecule has 168 valence electrons. The van der Waals surface area contributed by atoms with Gasteiger partial charge in [-0.2, -0.15) is 0 Å². The number of hydrogen-bond acceptors (Lipinski definition) is 3. The van der Waals surface area contributed by atoms with Gasteiger partial charge in [0.05, 0.1) is 6.54 Å². The van der Waals surface area contributed by atoms with Crippen LogP contribution in [0, 0.1) is 5.92 Å². The number of likely N-dealkylation sites (tertiary alicyclic amines) is 1. The van der Waals surface area contributed by atoms with Crippen molar-refractivity contribution in [2.75, 3.05) is 26.2 Å². The van der Waals surface area contributed by atoms with Crippen molar-refractivity contribution in [3.05, 3.63) is 35.4 Å². The molecule has 1 aromatic rings. The van der Waals surface area contributed by atoms with Crippen molar-refractivity contribution in [3.8, 4) is 0 Å². The molecule has 1 aromatic carbocycles. The highest BCUT2D eigenvalue weighted by atomic mass is 127. The van der Waals surface area contributed by atoms with E-state index < -0.39 is 0 Å². The van der Waals surface area contributed by atoms with Crippen molar-refractivity contribution < 1.29 is 4.79 Å². The van der Waals surface area contributed by atoms with E-state index in [-0.39, 0.29) is 35.8 Å².